The van der Waals surface area contributed by atoms with Crippen molar-refractivity contribution in [3.8, 4) is 0 Å². The number of thioether (sulfide) groups is 1. The zero-order valence-corrected chi connectivity index (χ0v) is 9.64. The second-order valence-electron chi connectivity index (χ2n) is 3.22. The quantitative estimate of drug-likeness (QED) is 0.783. The van der Waals surface area contributed by atoms with Crippen molar-refractivity contribution in [2.24, 2.45) is 0 Å². The van der Waals surface area contributed by atoms with Gasteiger partial charge in [0.1, 0.15) is 11.5 Å². The molecule has 0 saturated heterocycles. The highest BCUT2D eigenvalue weighted by atomic mass is 32.2. The Morgan fingerprint density at radius 3 is 3.00 bits per heavy atom. The molecule has 0 unspecified atom stereocenters. The summed E-state index contributed by atoms with van der Waals surface area (Å²) in [4.78, 5) is 10.3. The Hall–Kier alpha value is -1.76. The molecule has 0 aliphatic carbocycles. The Bertz CT molecular complexity index is 480. The summed E-state index contributed by atoms with van der Waals surface area (Å²) in [5.74, 6) is 0.336. The molecule has 0 amide bonds. The Morgan fingerprint density at radius 2 is 2.29 bits per heavy atom. The SMILES string of the molecule is O=C(O)CSc1nnc(CCc2ccco2)o1. The Morgan fingerprint density at radius 1 is 1.41 bits per heavy atom. The van der Waals surface area contributed by atoms with Gasteiger partial charge in [-0.2, -0.15) is 0 Å². The number of nitrogens with zero attached hydrogens (tertiary/aromatic N) is 2. The van der Waals surface area contributed by atoms with Crippen molar-refractivity contribution in [3.05, 3.63) is 30.0 Å². The van der Waals surface area contributed by atoms with Crippen LogP contribution in [0.5, 0.6) is 0 Å². The normalized spacial score (nSPS) is 10.6. The molecular weight excluding hydrogens is 244 g/mol. The lowest BCUT2D eigenvalue weighted by Crippen LogP contribution is -1.97. The highest BCUT2D eigenvalue weighted by Crippen LogP contribution is 2.16. The summed E-state index contributed by atoms with van der Waals surface area (Å²) >= 11 is 1.01. The minimum Gasteiger partial charge on any atom is -0.481 e. The molecule has 7 heteroatoms. The standard InChI is InChI=1S/C10H10N2O4S/c13-9(14)6-17-10-12-11-8(16-10)4-3-7-2-1-5-15-7/h1-2,5H,3-4,6H2,(H,13,14). The lowest BCUT2D eigenvalue weighted by molar-refractivity contribution is -0.133. The van der Waals surface area contributed by atoms with E-state index >= 15 is 0 Å². The molecule has 0 aliphatic heterocycles. The molecule has 2 rings (SSSR count). The lowest BCUT2D eigenvalue weighted by atomic mass is 10.2. The number of aryl methyl sites for hydroxylation is 2. The van der Waals surface area contributed by atoms with Gasteiger partial charge in [0.05, 0.1) is 6.26 Å². The zero-order chi connectivity index (χ0) is 12.1. The van der Waals surface area contributed by atoms with Crippen LogP contribution in [-0.2, 0) is 17.6 Å². The molecule has 0 saturated carbocycles. The number of carbonyl (C=O) groups is 1. The molecule has 0 atom stereocenters. The molecule has 2 aromatic rings. The van der Waals surface area contributed by atoms with Crippen molar-refractivity contribution >= 4 is 17.7 Å². The first-order valence-electron chi connectivity index (χ1n) is 4.93. The molecule has 0 fully saturated rings. The molecule has 0 radical (unpaired) electrons. The summed E-state index contributed by atoms with van der Waals surface area (Å²) in [5, 5.41) is 16.3. The fourth-order valence-corrected chi connectivity index (χ4v) is 1.71. The third-order valence-electron chi connectivity index (χ3n) is 1.93. The Balaban J connectivity index is 1.83. The summed E-state index contributed by atoms with van der Waals surface area (Å²) in [6.45, 7) is 0. The monoisotopic (exact) mass is 254 g/mol. The second kappa shape index (κ2) is 5.53. The van der Waals surface area contributed by atoms with Crippen LogP contribution in [0.1, 0.15) is 11.7 Å². The van der Waals surface area contributed by atoms with E-state index in [0.29, 0.717) is 18.7 Å². The Labute approximate surface area is 101 Å². The molecule has 1 N–H and O–H groups in total. The molecule has 0 aliphatic rings. The van der Waals surface area contributed by atoms with E-state index in [1.807, 2.05) is 12.1 Å². The predicted octanol–water partition coefficient (Wildman–Crippen LogP) is 1.62. The van der Waals surface area contributed by atoms with Crippen LogP contribution < -0.4 is 0 Å². The zero-order valence-electron chi connectivity index (χ0n) is 8.83. The van der Waals surface area contributed by atoms with Crippen LogP contribution in [0, 0.1) is 0 Å². The van der Waals surface area contributed by atoms with Gasteiger partial charge in [-0.15, -0.1) is 10.2 Å². The first-order valence-corrected chi connectivity index (χ1v) is 5.92. The second-order valence-corrected chi connectivity index (χ2v) is 4.15. The molecule has 17 heavy (non-hydrogen) atoms. The van der Waals surface area contributed by atoms with Gasteiger partial charge in [0.25, 0.3) is 5.22 Å². The Kier molecular flexibility index (Phi) is 3.81. The van der Waals surface area contributed by atoms with Gasteiger partial charge in [-0.3, -0.25) is 4.79 Å². The third-order valence-corrected chi connectivity index (χ3v) is 2.74. The predicted molar refractivity (Wildman–Crippen MR) is 58.8 cm³/mol. The van der Waals surface area contributed by atoms with Crippen LogP contribution in [0.4, 0.5) is 0 Å². The molecular formula is C10H10N2O4S. The minimum absolute atomic E-state index is 0.0835. The van der Waals surface area contributed by atoms with E-state index in [4.69, 9.17) is 13.9 Å². The van der Waals surface area contributed by atoms with Crippen LogP contribution >= 0.6 is 11.8 Å². The van der Waals surface area contributed by atoms with Crippen molar-refractivity contribution in [1.82, 2.24) is 10.2 Å². The van der Waals surface area contributed by atoms with Gasteiger partial charge in [0.2, 0.25) is 5.89 Å². The van der Waals surface area contributed by atoms with Gasteiger partial charge in [-0.1, -0.05) is 11.8 Å². The number of furan rings is 1. The van der Waals surface area contributed by atoms with E-state index in [0.717, 1.165) is 17.5 Å². The number of aliphatic carboxylic acids is 1. The summed E-state index contributed by atoms with van der Waals surface area (Å²) < 4.78 is 10.4. The molecule has 6 nitrogen and oxygen atoms in total. The topological polar surface area (TPSA) is 89.4 Å². The lowest BCUT2D eigenvalue weighted by Gasteiger charge is -1.92. The van der Waals surface area contributed by atoms with Crippen molar-refractivity contribution < 1.29 is 18.7 Å². The first-order chi connectivity index (χ1) is 8.24. The molecule has 0 bridgehead atoms. The fourth-order valence-electron chi connectivity index (χ4n) is 1.21. The summed E-state index contributed by atoms with van der Waals surface area (Å²) in [6, 6.07) is 3.69. The molecule has 0 aromatic carbocycles. The number of hydrogen-bond acceptors (Lipinski definition) is 6. The van der Waals surface area contributed by atoms with Gasteiger partial charge in [-0.05, 0) is 12.1 Å². The van der Waals surface area contributed by atoms with E-state index in [9.17, 15) is 4.79 Å². The van der Waals surface area contributed by atoms with Crippen LogP contribution in [0.25, 0.3) is 0 Å². The van der Waals surface area contributed by atoms with Crippen molar-refractivity contribution in [3.63, 3.8) is 0 Å². The average Bonchev–Trinajstić information content (AvgIpc) is 2.95. The molecule has 2 heterocycles. The third kappa shape index (κ3) is 3.63. The summed E-state index contributed by atoms with van der Waals surface area (Å²) in [6.07, 6.45) is 2.86. The van der Waals surface area contributed by atoms with Crippen LogP contribution in [0.2, 0.25) is 0 Å². The fraction of sp³-hybridized carbons (Fsp3) is 0.300. The molecule has 2 aromatic heterocycles. The highest BCUT2D eigenvalue weighted by molar-refractivity contribution is 7.99. The van der Waals surface area contributed by atoms with Crippen LogP contribution in [0.3, 0.4) is 0 Å². The van der Waals surface area contributed by atoms with E-state index in [2.05, 4.69) is 10.2 Å². The number of rotatable bonds is 6. The number of carboxylic acids is 1. The van der Waals surface area contributed by atoms with E-state index < -0.39 is 5.97 Å². The number of hydrogen-bond donors (Lipinski definition) is 1. The maximum Gasteiger partial charge on any atom is 0.314 e. The van der Waals surface area contributed by atoms with E-state index in [1.165, 1.54) is 0 Å². The highest BCUT2D eigenvalue weighted by Gasteiger charge is 2.09. The van der Waals surface area contributed by atoms with Crippen LogP contribution in [0.15, 0.2) is 32.5 Å². The van der Waals surface area contributed by atoms with Crippen molar-refractivity contribution in [2.45, 2.75) is 18.1 Å². The van der Waals surface area contributed by atoms with Gasteiger partial charge < -0.3 is 13.9 Å². The number of aromatic nitrogens is 2. The summed E-state index contributed by atoms with van der Waals surface area (Å²) in [7, 11) is 0. The van der Waals surface area contributed by atoms with E-state index in [1.54, 1.807) is 6.26 Å². The van der Waals surface area contributed by atoms with Gasteiger partial charge in [0.15, 0.2) is 0 Å². The molecule has 0 spiro atoms. The minimum atomic E-state index is -0.912. The van der Waals surface area contributed by atoms with Crippen molar-refractivity contribution in [1.29, 1.82) is 0 Å². The van der Waals surface area contributed by atoms with Gasteiger partial charge in [0, 0.05) is 12.8 Å². The average molecular weight is 254 g/mol. The smallest absolute Gasteiger partial charge is 0.314 e. The van der Waals surface area contributed by atoms with Crippen LogP contribution in [-0.4, -0.2) is 27.0 Å². The van der Waals surface area contributed by atoms with E-state index in [-0.39, 0.29) is 11.0 Å². The first kappa shape index (κ1) is 11.7. The maximum atomic E-state index is 10.3. The molecule has 90 valence electrons. The van der Waals surface area contributed by atoms with Gasteiger partial charge >= 0.3 is 5.97 Å². The summed E-state index contributed by atoms with van der Waals surface area (Å²) in [5.41, 5.74) is 0. The largest absolute Gasteiger partial charge is 0.481 e. The van der Waals surface area contributed by atoms with Crippen molar-refractivity contribution in [2.75, 3.05) is 5.75 Å². The number of carboxylic acid groups (broad SMARTS) is 1. The van der Waals surface area contributed by atoms with Gasteiger partial charge in [-0.25, -0.2) is 0 Å². The maximum absolute atomic E-state index is 10.3.